The average molecular weight is 939 g/mol. The first kappa shape index (κ1) is 39.9. The number of halogens is 2. The predicted octanol–water partition coefficient (Wildman–Crippen LogP) is 17.7. The lowest BCUT2D eigenvalue weighted by atomic mass is 9.52. The standard InChI is InChI=1S/C58H54Br2N2/c1-55-26-30-57(3,31-27-55)53-36-41(14-24-51(53)55)39-8-5-10-47(34-39)61(45-20-16-43(59)17-21-45)49-12-7-13-50(38-49)62(46-22-18-44(60)19-23-46)48-11-6-9-40(35-48)42-15-25-52-54(37-42)58(4)32-28-56(52,2)29-33-58/h5-25,34-38H,26-33H2,1-4H3. The lowest BCUT2D eigenvalue weighted by molar-refractivity contribution is 0.188. The number of fused-ring (bicyclic) bond motifs is 4. The minimum atomic E-state index is 0.266. The number of nitrogens with zero attached hydrogens (tertiary/aromatic N) is 2. The van der Waals surface area contributed by atoms with Gasteiger partial charge in [0.2, 0.25) is 0 Å². The van der Waals surface area contributed by atoms with Crippen LogP contribution in [0.5, 0.6) is 0 Å². The Hall–Kier alpha value is -4.90. The Labute approximate surface area is 385 Å². The summed E-state index contributed by atoms with van der Waals surface area (Å²) in [6.45, 7) is 9.97. The summed E-state index contributed by atoms with van der Waals surface area (Å²) in [6.07, 6.45) is 10.3. The van der Waals surface area contributed by atoms with Gasteiger partial charge in [-0.3, -0.25) is 0 Å². The second-order valence-electron chi connectivity index (χ2n) is 20.0. The Morgan fingerprint density at radius 2 is 0.613 bits per heavy atom. The Morgan fingerprint density at radius 1 is 0.306 bits per heavy atom. The van der Waals surface area contributed by atoms with E-state index in [2.05, 4.69) is 227 Å². The third kappa shape index (κ3) is 6.70. The van der Waals surface area contributed by atoms with Crippen molar-refractivity contribution in [3.05, 3.63) is 189 Å². The van der Waals surface area contributed by atoms with Gasteiger partial charge in [-0.2, -0.15) is 0 Å². The molecule has 0 amide bonds. The fraction of sp³-hybridized carbons (Fsp3) is 0.276. The van der Waals surface area contributed by atoms with Crippen molar-refractivity contribution in [1.29, 1.82) is 0 Å². The zero-order valence-corrected chi connectivity index (χ0v) is 39.5. The van der Waals surface area contributed by atoms with Crippen LogP contribution in [-0.2, 0) is 21.7 Å². The highest BCUT2D eigenvalue weighted by molar-refractivity contribution is 9.10. The molecule has 0 atom stereocenters. The van der Waals surface area contributed by atoms with E-state index in [1.807, 2.05) is 0 Å². The summed E-state index contributed by atoms with van der Waals surface area (Å²) in [5.41, 5.74) is 19.1. The molecule has 4 heteroatoms. The molecule has 6 aliphatic rings. The van der Waals surface area contributed by atoms with Gasteiger partial charge in [-0.15, -0.1) is 0 Å². The molecule has 2 saturated carbocycles. The lowest BCUT2D eigenvalue weighted by Gasteiger charge is -2.52. The van der Waals surface area contributed by atoms with Gasteiger partial charge in [0.25, 0.3) is 0 Å². The largest absolute Gasteiger partial charge is 0.310 e. The zero-order chi connectivity index (χ0) is 42.4. The molecule has 0 spiro atoms. The minimum Gasteiger partial charge on any atom is -0.310 e. The highest BCUT2D eigenvalue weighted by Crippen LogP contribution is 2.58. The van der Waals surface area contributed by atoms with Crippen molar-refractivity contribution in [1.82, 2.24) is 0 Å². The molecule has 6 aliphatic carbocycles. The Morgan fingerprint density at radius 3 is 0.984 bits per heavy atom. The van der Waals surface area contributed by atoms with Crippen molar-refractivity contribution in [2.24, 2.45) is 0 Å². The van der Waals surface area contributed by atoms with Crippen LogP contribution in [0.25, 0.3) is 22.3 Å². The Balaban J connectivity index is 1.01. The summed E-state index contributed by atoms with van der Waals surface area (Å²) < 4.78 is 2.12. The molecule has 0 unspecified atom stereocenters. The van der Waals surface area contributed by atoms with E-state index in [0.717, 1.165) is 43.1 Å². The van der Waals surface area contributed by atoms with Crippen molar-refractivity contribution in [3.63, 3.8) is 0 Å². The van der Waals surface area contributed by atoms with Crippen LogP contribution in [0.1, 0.15) is 101 Å². The predicted molar refractivity (Wildman–Crippen MR) is 268 cm³/mol. The van der Waals surface area contributed by atoms with Gasteiger partial charge in [-0.1, -0.05) is 126 Å². The lowest BCUT2D eigenvalue weighted by Crippen LogP contribution is -2.44. The van der Waals surface area contributed by atoms with Crippen molar-refractivity contribution in [2.75, 3.05) is 9.80 Å². The Kier molecular flexibility index (Phi) is 9.56. The van der Waals surface area contributed by atoms with E-state index < -0.39 is 0 Å². The van der Waals surface area contributed by atoms with Crippen molar-refractivity contribution >= 4 is 66.0 Å². The maximum atomic E-state index is 3.71. The van der Waals surface area contributed by atoms with Gasteiger partial charge in [-0.25, -0.2) is 0 Å². The number of anilines is 6. The molecule has 0 saturated heterocycles. The van der Waals surface area contributed by atoms with E-state index >= 15 is 0 Å². The van der Waals surface area contributed by atoms with Gasteiger partial charge >= 0.3 is 0 Å². The molecule has 7 aromatic carbocycles. The molecule has 0 aliphatic heterocycles. The van der Waals surface area contributed by atoms with Gasteiger partial charge in [-0.05, 0) is 209 Å². The first-order valence-electron chi connectivity index (χ1n) is 22.6. The van der Waals surface area contributed by atoms with E-state index in [1.165, 1.54) is 73.6 Å². The van der Waals surface area contributed by atoms with E-state index in [1.54, 1.807) is 22.3 Å². The fourth-order valence-corrected chi connectivity index (χ4v) is 12.3. The summed E-state index contributed by atoms with van der Waals surface area (Å²) in [7, 11) is 0. The van der Waals surface area contributed by atoms with Crippen LogP contribution in [-0.4, -0.2) is 0 Å². The van der Waals surface area contributed by atoms with Crippen molar-refractivity contribution < 1.29 is 0 Å². The normalized spacial score (nSPS) is 24.4. The van der Waals surface area contributed by atoms with Crippen LogP contribution in [0.2, 0.25) is 0 Å². The molecular formula is C58H54Br2N2. The third-order valence-corrected chi connectivity index (χ3v) is 17.0. The van der Waals surface area contributed by atoms with E-state index in [-0.39, 0.29) is 10.8 Å². The van der Waals surface area contributed by atoms with E-state index in [4.69, 9.17) is 0 Å². The summed E-state index contributed by atoms with van der Waals surface area (Å²) in [4.78, 5) is 4.81. The van der Waals surface area contributed by atoms with Gasteiger partial charge in [0.05, 0.1) is 0 Å². The van der Waals surface area contributed by atoms with Crippen LogP contribution in [0.3, 0.4) is 0 Å². The summed E-state index contributed by atoms with van der Waals surface area (Å²) in [5, 5.41) is 0. The van der Waals surface area contributed by atoms with Gasteiger partial charge in [0.15, 0.2) is 0 Å². The third-order valence-electron chi connectivity index (χ3n) is 15.9. The number of hydrogen-bond acceptors (Lipinski definition) is 2. The quantitative estimate of drug-likeness (QED) is 0.150. The molecule has 2 nitrogen and oxygen atoms in total. The first-order valence-corrected chi connectivity index (χ1v) is 24.2. The van der Waals surface area contributed by atoms with Crippen LogP contribution in [0.15, 0.2) is 167 Å². The van der Waals surface area contributed by atoms with E-state index in [0.29, 0.717) is 10.8 Å². The van der Waals surface area contributed by atoms with Crippen LogP contribution in [0, 0.1) is 0 Å². The molecule has 4 bridgehead atoms. The maximum absolute atomic E-state index is 3.71. The number of benzene rings is 7. The fourth-order valence-electron chi connectivity index (χ4n) is 11.8. The zero-order valence-electron chi connectivity index (χ0n) is 36.3. The molecule has 0 heterocycles. The van der Waals surface area contributed by atoms with E-state index in [9.17, 15) is 0 Å². The molecule has 0 N–H and O–H groups in total. The second kappa shape index (κ2) is 14.8. The molecule has 62 heavy (non-hydrogen) atoms. The topological polar surface area (TPSA) is 6.48 Å². The molecule has 7 aromatic rings. The van der Waals surface area contributed by atoms with Crippen LogP contribution >= 0.6 is 31.9 Å². The van der Waals surface area contributed by atoms with Gasteiger partial charge in [0, 0.05) is 43.1 Å². The summed E-state index contributed by atoms with van der Waals surface area (Å²) in [5.74, 6) is 0. The highest BCUT2D eigenvalue weighted by atomic mass is 79.9. The molecule has 2 fully saturated rings. The average Bonchev–Trinajstić information content (AvgIpc) is 3.30. The SMILES string of the molecule is CC12CCC(C)(CC1)c1cc(-c3cccc(N(c4ccc(Br)cc4)c4cccc(N(c5ccc(Br)cc5)c5cccc(-c6ccc7c(c6)C6(C)CCC7(C)CC6)c5)c4)c3)ccc12. The van der Waals surface area contributed by atoms with Crippen LogP contribution < -0.4 is 9.80 Å². The van der Waals surface area contributed by atoms with Crippen molar-refractivity contribution in [3.8, 4) is 22.3 Å². The van der Waals surface area contributed by atoms with Crippen molar-refractivity contribution in [2.45, 2.75) is 101 Å². The summed E-state index contributed by atoms with van der Waals surface area (Å²) in [6, 6.07) is 59.4. The molecule has 13 rings (SSSR count). The smallest absolute Gasteiger partial charge is 0.0482 e. The number of hydrogen-bond donors (Lipinski definition) is 0. The van der Waals surface area contributed by atoms with Gasteiger partial charge in [0.1, 0.15) is 0 Å². The minimum absolute atomic E-state index is 0.266. The molecule has 0 radical (unpaired) electrons. The first-order chi connectivity index (χ1) is 29.9. The second-order valence-corrected chi connectivity index (χ2v) is 21.8. The molecular weight excluding hydrogens is 884 g/mol. The maximum Gasteiger partial charge on any atom is 0.0482 e. The molecule has 0 aromatic heterocycles. The van der Waals surface area contributed by atoms with Crippen LogP contribution in [0.4, 0.5) is 34.1 Å². The monoisotopic (exact) mass is 936 g/mol. The number of rotatable bonds is 8. The Bertz CT molecular complexity index is 2650. The summed E-state index contributed by atoms with van der Waals surface area (Å²) >= 11 is 7.43. The molecule has 310 valence electrons. The van der Waals surface area contributed by atoms with Gasteiger partial charge < -0.3 is 9.80 Å². The highest BCUT2D eigenvalue weighted by Gasteiger charge is 2.48.